The second-order valence-electron chi connectivity index (χ2n) is 4.15. The Labute approximate surface area is 80.9 Å². The third-order valence-electron chi connectivity index (χ3n) is 2.65. The highest BCUT2D eigenvalue weighted by Gasteiger charge is 2.36. The maximum Gasteiger partial charge on any atom is 0.187 e. The molecule has 0 aromatic carbocycles. The molecule has 0 aromatic rings. The van der Waals surface area contributed by atoms with E-state index < -0.39 is 6.10 Å². The van der Waals surface area contributed by atoms with E-state index in [1.54, 1.807) is 12.7 Å². The van der Waals surface area contributed by atoms with Crippen molar-refractivity contribution in [1.29, 1.82) is 0 Å². The minimum Gasteiger partial charge on any atom is -0.385 e. The summed E-state index contributed by atoms with van der Waals surface area (Å²) in [5, 5.41) is 9.48. The van der Waals surface area contributed by atoms with Gasteiger partial charge in [0.2, 0.25) is 0 Å². The number of rotatable bonds is 1. The number of aliphatic hydroxyl groups is 1. The lowest BCUT2D eigenvalue weighted by Crippen LogP contribution is -2.36. The molecule has 1 N–H and O–H groups in total. The van der Waals surface area contributed by atoms with E-state index in [1.165, 1.54) is 0 Å². The summed E-state index contributed by atoms with van der Waals surface area (Å²) in [6.45, 7) is 5.81. The van der Waals surface area contributed by atoms with Gasteiger partial charge in [-0.2, -0.15) is 0 Å². The zero-order valence-electron chi connectivity index (χ0n) is 8.22. The standard InChI is InChI=1S/C10H15O2P/c1-6-7(5-13)10(2,3)4-8(11)9(6)12/h5,8,11,13H,4H2,1-3H3. The molecule has 2 nitrogen and oxygen atoms in total. The maximum atomic E-state index is 11.4. The lowest BCUT2D eigenvalue weighted by molar-refractivity contribution is -0.125. The maximum absolute atomic E-state index is 11.4. The number of ketones is 1. The van der Waals surface area contributed by atoms with Crippen LogP contribution in [0, 0.1) is 5.41 Å². The van der Waals surface area contributed by atoms with Crippen LogP contribution in [0.3, 0.4) is 0 Å². The van der Waals surface area contributed by atoms with E-state index in [9.17, 15) is 9.90 Å². The zero-order chi connectivity index (χ0) is 10.2. The first-order valence-electron chi connectivity index (χ1n) is 4.34. The molecule has 1 aliphatic rings. The fraction of sp³-hybridized carbons (Fsp3) is 0.600. The number of allylic oxidation sites excluding steroid dienone is 1. The van der Waals surface area contributed by atoms with Gasteiger partial charge >= 0.3 is 0 Å². The van der Waals surface area contributed by atoms with Gasteiger partial charge in [-0.05, 0) is 35.7 Å². The van der Waals surface area contributed by atoms with Crippen LogP contribution in [0.1, 0.15) is 27.2 Å². The van der Waals surface area contributed by atoms with Crippen LogP contribution >= 0.6 is 8.86 Å². The van der Waals surface area contributed by atoms with E-state index in [4.69, 9.17) is 0 Å². The summed E-state index contributed by atoms with van der Waals surface area (Å²) >= 11 is 0. The normalized spacial score (nSPS) is 27.7. The predicted octanol–water partition coefficient (Wildman–Crippen LogP) is 1.61. The van der Waals surface area contributed by atoms with Gasteiger partial charge in [-0.3, -0.25) is 4.79 Å². The van der Waals surface area contributed by atoms with E-state index in [2.05, 4.69) is 8.86 Å². The Morgan fingerprint density at radius 1 is 1.62 bits per heavy atom. The summed E-state index contributed by atoms with van der Waals surface area (Å²) in [6.07, 6.45) is -0.329. The molecule has 0 bridgehead atoms. The Morgan fingerprint density at radius 3 is 2.62 bits per heavy atom. The summed E-state index contributed by atoms with van der Waals surface area (Å²) in [4.78, 5) is 11.4. The molecule has 1 unspecified atom stereocenters. The van der Waals surface area contributed by atoms with Crippen molar-refractivity contribution in [3.63, 3.8) is 0 Å². The predicted molar refractivity (Wildman–Crippen MR) is 56.5 cm³/mol. The van der Waals surface area contributed by atoms with Gasteiger partial charge in [-0.25, -0.2) is 0 Å². The molecule has 0 saturated heterocycles. The summed E-state index contributed by atoms with van der Waals surface area (Å²) in [6, 6.07) is 0. The third kappa shape index (κ3) is 1.74. The third-order valence-corrected chi connectivity index (χ3v) is 2.94. The molecule has 1 atom stereocenters. The molecular weight excluding hydrogens is 183 g/mol. The lowest BCUT2D eigenvalue weighted by atomic mass is 9.72. The SMILES string of the molecule is CC1=C(C=P)C(C)(C)CC(O)C1=O. The molecule has 0 aromatic heterocycles. The van der Waals surface area contributed by atoms with Crippen LogP contribution in [-0.2, 0) is 4.79 Å². The average molecular weight is 198 g/mol. The van der Waals surface area contributed by atoms with Crippen LogP contribution < -0.4 is 0 Å². The highest BCUT2D eigenvalue weighted by Crippen LogP contribution is 2.37. The van der Waals surface area contributed by atoms with Crippen molar-refractivity contribution in [2.24, 2.45) is 5.41 Å². The molecule has 1 rings (SSSR count). The van der Waals surface area contributed by atoms with Crippen molar-refractivity contribution in [3.8, 4) is 0 Å². The Hall–Kier alpha value is -0.460. The van der Waals surface area contributed by atoms with Gasteiger partial charge in [-0.15, -0.1) is 8.86 Å². The molecule has 3 heteroatoms. The van der Waals surface area contributed by atoms with Crippen molar-refractivity contribution >= 4 is 20.4 Å². The molecule has 0 aliphatic heterocycles. The first-order chi connectivity index (χ1) is 5.90. The van der Waals surface area contributed by atoms with Gasteiger partial charge in [0.15, 0.2) is 5.78 Å². The van der Waals surface area contributed by atoms with E-state index in [1.807, 2.05) is 13.8 Å². The Bertz CT molecular complexity index is 289. The molecule has 1 aliphatic carbocycles. The fourth-order valence-corrected chi connectivity index (χ4v) is 2.49. The van der Waals surface area contributed by atoms with Crippen molar-refractivity contribution in [3.05, 3.63) is 11.1 Å². The summed E-state index contributed by atoms with van der Waals surface area (Å²) < 4.78 is 0. The average Bonchev–Trinajstić information content (AvgIpc) is 2.00. The molecule has 0 spiro atoms. The minimum atomic E-state index is -0.828. The van der Waals surface area contributed by atoms with Gasteiger partial charge in [-0.1, -0.05) is 13.8 Å². The lowest BCUT2D eigenvalue weighted by Gasteiger charge is -2.34. The minimum absolute atomic E-state index is 0.126. The Kier molecular flexibility index (Phi) is 2.74. The number of carbonyl (C=O) groups excluding carboxylic acids is 1. The van der Waals surface area contributed by atoms with Crippen LogP contribution in [0.15, 0.2) is 11.1 Å². The first kappa shape index (κ1) is 10.6. The smallest absolute Gasteiger partial charge is 0.187 e. The topological polar surface area (TPSA) is 37.3 Å². The van der Waals surface area contributed by atoms with Gasteiger partial charge in [0.1, 0.15) is 6.10 Å². The highest BCUT2D eigenvalue weighted by atomic mass is 31.0. The van der Waals surface area contributed by atoms with Crippen LogP contribution in [0.25, 0.3) is 0 Å². The van der Waals surface area contributed by atoms with E-state index in [0.29, 0.717) is 12.0 Å². The number of hydrogen-bond acceptors (Lipinski definition) is 2. The van der Waals surface area contributed by atoms with Crippen LogP contribution in [0.2, 0.25) is 0 Å². The van der Waals surface area contributed by atoms with Crippen LogP contribution in [0.4, 0.5) is 0 Å². The molecule has 0 amide bonds. The van der Waals surface area contributed by atoms with E-state index in [-0.39, 0.29) is 11.2 Å². The second kappa shape index (κ2) is 3.36. The zero-order valence-corrected chi connectivity index (χ0v) is 9.22. The Morgan fingerprint density at radius 2 is 2.15 bits per heavy atom. The highest BCUT2D eigenvalue weighted by molar-refractivity contribution is 7.19. The summed E-state index contributed by atoms with van der Waals surface area (Å²) in [5.41, 5.74) is 1.53. The largest absolute Gasteiger partial charge is 0.385 e. The van der Waals surface area contributed by atoms with Crippen molar-refractivity contribution in [2.45, 2.75) is 33.3 Å². The molecule has 72 valence electrons. The number of aliphatic hydroxyl groups excluding tert-OH is 1. The molecular formula is C10H15O2P. The molecule has 0 saturated carbocycles. The van der Waals surface area contributed by atoms with E-state index in [0.717, 1.165) is 5.57 Å². The Balaban J connectivity index is 3.23. The number of hydrogen-bond donors (Lipinski definition) is 1. The molecule has 0 heterocycles. The molecule has 0 fully saturated rings. The monoisotopic (exact) mass is 198 g/mol. The van der Waals surface area contributed by atoms with E-state index >= 15 is 0 Å². The van der Waals surface area contributed by atoms with Crippen molar-refractivity contribution in [1.82, 2.24) is 0 Å². The summed E-state index contributed by atoms with van der Waals surface area (Å²) in [7, 11) is 3.31. The van der Waals surface area contributed by atoms with Gasteiger partial charge < -0.3 is 5.11 Å². The van der Waals surface area contributed by atoms with Crippen molar-refractivity contribution < 1.29 is 9.90 Å². The first-order valence-corrected chi connectivity index (χ1v) is 4.92. The van der Waals surface area contributed by atoms with Crippen LogP contribution in [0.5, 0.6) is 0 Å². The summed E-state index contributed by atoms with van der Waals surface area (Å²) in [5.74, 6) is 1.63. The van der Waals surface area contributed by atoms with Gasteiger partial charge in [0, 0.05) is 0 Å². The number of Topliss-reactive ketones (excluding diaryl/α,β-unsaturated/α-hetero) is 1. The van der Waals surface area contributed by atoms with Crippen LogP contribution in [-0.4, -0.2) is 22.8 Å². The number of carbonyl (C=O) groups is 1. The van der Waals surface area contributed by atoms with Gasteiger partial charge in [0.25, 0.3) is 0 Å². The molecule has 0 radical (unpaired) electrons. The van der Waals surface area contributed by atoms with Crippen molar-refractivity contribution in [2.75, 3.05) is 0 Å². The molecule has 13 heavy (non-hydrogen) atoms. The van der Waals surface area contributed by atoms with Gasteiger partial charge in [0.05, 0.1) is 0 Å². The quantitative estimate of drug-likeness (QED) is 0.650. The fourth-order valence-electron chi connectivity index (χ4n) is 1.88. The second-order valence-corrected chi connectivity index (χ2v) is 4.44.